The number of fused-ring (bicyclic) bond motifs is 1. The molecule has 158 valence electrons. The van der Waals surface area contributed by atoms with Crippen LogP contribution in [0.5, 0.6) is 0 Å². The van der Waals surface area contributed by atoms with Gasteiger partial charge in [-0.15, -0.1) is 0 Å². The number of halogens is 3. The molecule has 1 aliphatic rings. The summed E-state index contributed by atoms with van der Waals surface area (Å²) in [6.45, 7) is 0.543. The fourth-order valence-corrected chi connectivity index (χ4v) is 3.74. The number of pyridine rings is 1. The first kappa shape index (κ1) is 21.2. The number of hydrogen-bond donors (Lipinski definition) is 2. The molecule has 5 nitrogen and oxygen atoms in total. The molecule has 29 heavy (non-hydrogen) atoms. The highest BCUT2D eigenvalue weighted by Crippen LogP contribution is 2.37. The molecule has 0 aliphatic heterocycles. The van der Waals surface area contributed by atoms with E-state index in [4.69, 9.17) is 0 Å². The maximum Gasteiger partial charge on any atom is 0.391 e. The number of guanidine groups is 1. The fourth-order valence-electron chi connectivity index (χ4n) is 3.74. The van der Waals surface area contributed by atoms with Crippen LogP contribution in [0.25, 0.3) is 10.9 Å². The largest absolute Gasteiger partial charge is 0.391 e. The Labute approximate surface area is 169 Å². The molecule has 3 rings (SSSR count). The van der Waals surface area contributed by atoms with Crippen molar-refractivity contribution in [3.63, 3.8) is 0 Å². The lowest BCUT2D eigenvalue weighted by Crippen LogP contribution is -2.45. The zero-order valence-corrected chi connectivity index (χ0v) is 17.1. The van der Waals surface area contributed by atoms with E-state index in [2.05, 4.69) is 20.6 Å². The Bertz CT molecular complexity index is 855. The number of aliphatic imine (C=N–C) groups is 1. The number of aromatic nitrogens is 1. The van der Waals surface area contributed by atoms with E-state index < -0.39 is 12.1 Å². The van der Waals surface area contributed by atoms with Crippen LogP contribution in [0.3, 0.4) is 0 Å². The maximum atomic E-state index is 12.9. The van der Waals surface area contributed by atoms with Crippen LogP contribution in [0.2, 0.25) is 0 Å². The smallest absolute Gasteiger partial charge is 0.363 e. The topological polar surface area (TPSA) is 52.6 Å². The first-order chi connectivity index (χ1) is 13.8. The second-order valence-electron chi connectivity index (χ2n) is 7.71. The average molecular weight is 407 g/mol. The summed E-state index contributed by atoms with van der Waals surface area (Å²) in [6.07, 6.45) is -2.77. The summed E-state index contributed by atoms with van der Waals surface area (Å²) >= 11 is 0. The van der Waals surface area contributed by atoms with Crippen molar-refractivity contribution in [3.05, 3.63) is 35.9 Å². The predicted molar refractivity (Wildman–Crippen MR) is 111 cm³/mol. The monoisotopic (exact) mass is 407 g/mol. The molecule has 0 amide bonds. The third kappa shape index (κ3) is 5.31. The normalized spacial score (nSPS) is 20.6. The van der Waals surface area contributed by atoms with E-state index in [0.29, 0.717) is 25.3 Å². The maximum absolute atomic E-state index is 12.9. The van der Waals surface area contributed by atoms with Crippen molar-refractivity contribution < 1.29 is 13.2 Å². The number of rotatable bonds is 4. The molecule has 0 bridgehead atoms. The zero-order valence-electron chi connectivity index (χ0n) is 17.1. The first-order valence-corrected chi connectivity index (χ1v) is 9.88. The standard InChI is InChI=1S/C21H28F3N5/c1-25-20(27-16-10-8-15(9-11-16)21(22,23)24)26-13-14-12-19(29(2)3)28-18-7-5-4-6-17(14)18/h4-7,12,15-16H,8-11,13H2,1-3H3,(H2,25,26,27). The summed E-state index contributed by atoms with van der Waals surface area (Å²) in [5.41, 5.74) is 2.01. The van der Waals surface area contributed by atoms with Crippen molar-refractivity contribution in [1.82, 2.24) is 15.6 Å². The second kappa shape index (κ2) is 8.88. The third-order valence-corrected chi connectivity index (χ3v) is 5.45. The predicted octanol–water partition coefficient (Wildman–Crippen LogP) is 4.09. The van der Waals surface area contributed by atoms with Gasteiger partial charge in [0, 0.05) is 39.1 Å². The van der Waals surface area contributed by atoms with E-state index in [-0.39, 0.29) is 18.9 Å². The highest BCUT2D eigenvalue weighted by molar-refractivity contribution is 5.85. The van der Waals surface area contributed by atoms with Crippen molar-refractivity contribution in [3.8, 4) is 0 Å². The summed E-state index contributed by atoms with van der Waals surface area (Å²) in [7, 11) is 5.57. The Morgan fingerprint density at radius 3 is 2.48 bits per heavy atom. The molecular weight excluding hydrogens is 379 g/mol. The molecule has 1 aromatic heterocycles. The molecular formula is C21H28F3N5. The van der Waals surface area contributed by atoms with Gasteiger partial charge < -0.3 is 15.5 Å². The Morgan fingerprint density at radius 2 is 1.86 bits per heavy atom. The first-order valence-electron chi connectivity index (χ1n) is 9.88. The van der Waals surface area contributed by atoms with E-state index >= 15 is 0 Å². The summed E-state index contributed by atoms with van der Waals surface area (Å²) in [6, 6.07) is 10.0. The van der Waals surface area contributed by atoms with Gasteiger partial charge in [0.1, 0.15) is 5.82 Å². The van der Waals surface area contributed by atoms with E-state index in [0.717, 1.165) is 22.3 Å². The summed E-state index contributed by atoms with van der Waals surface area (Å²) < 4.78 is 38.6. The van der Waals surface area contributed by atoms with Gasteiger partial charge in [0.05, 0.1) is 11.4 Å². The Balaban J connectivity index is 1.64. The van der Waals surface area contributed by atoms with Crippen LogP contribution in [0.1, 0.15) is 31.2 Å². The SMILES string of the molecule is CN=C(NCc1cc(N(C)C)nc2ccccc12)NC1CCC(C(F)(F)F)CC1. The fraction of sp³-hybridized carbons (Fsp3) is 0.524. The van der Waals surface area contributed by atoms with Crippen molar-refractivity contribution in [2.45, 2.75) is 44.4 Å². The molecule has 1 aromatic carbocycles. The summed E-state index contributed by atoms with van der Waals surface area (Å²) in [5.74, 6) is 0.296. The lowest BCUT2D eigenvalue weighted by molar-refractivity contribution is -0.182. The summed E-state index contributed by atoms with van der Waals surface area (Å²) in [5, 5.41) is 7.64. The zero-order chi connectivity index (χ0) is 21.0. The van der Waals surface area contributed by atoms with Crippen molar-refractivity contribution >= 4 is 22.7 Å². The number of alkyl halides is 3. The van der Waals surface area contributed by atoms with Gasteiger partial charge in [-0.25, -0.2) is 4.98 Å². The minimum Gasteiger partial charge on any atom is -0.363 e. The number of nitrogens with one attached hydrogen (secondary N) is 2. The minimum absolute atomic E-state index is 0.00585. The number of anilines is 1. The number of benzene rings is 1. The molecule has 0 radical (unpaired) electrons. The van der Waals surface area contributed by atoms with E-state index in [1.165, 1.54) is 0 Å². The van der Waals surface area contributed by atoms with Gasteiger partial charge in [-0.1, -0.05) is 18.2 Å². The molecule has 1 heterocycles. The molecule has 2 aromatic rings. The molecule has 1 aliphatic carbocycles. The van der Waals surface area contributed by atoms with Crippen LogP contribution in [0, 0.1) is 5.92 Å². The lowest BCUT2D eigenvalue weighted by atomic mass is 9.85. The van der Waals surface area contributed by atoms with Gasteiger partial charge in [-0.3, -0.25) is 4.99 Å². The Morgan fingerprint density at radius 1 is 1.17 bits per heavy atom. The molecule has 8 heteroatoms. The van der Waals surface area contributed by atoms with E-state index in [1.807, 2.05) is 49.3 Å². The third-order valence-electron chi connectivity index (χ3n) is 5.45. The molecule has 0 spiro atoms. The van der Waals surface area contributed by atoms with Gasteiger partial charge >= 0.3 is 6.18 Å². The van der Waals surface area contributed by atoms with Crippen molar-refractivity contribution in [2.24, 2.45) is 10.9 Å². The van der Waals surface area contributed by atoms with Gasteiger partial charge in [-0.2, -0.15) is 13.2 Å². The van der Waals surface area contributed by atoms with Crippen molar-refractivity contribution in [1.29, 1.82) is 0 Å². The van der Waals surface area contributed by atoms with Crippen molar-refractivity contribution in [2.75, 3.05) is 26.0 Å². The minimum atomic E-state index is -4.09. The van der Waals surface area contributed by atoms with E-state index in [9.17, 15) is 13.2 Å². The second-order valence-corrected chi connectivity index (χ2v) is 7.71. The number of para-hydroxylation sites is 1. The average Bonchev–Trinajstić information content (AvgIpc) is 2.70. The molecule has 2 N–H and O–H groups in total. The van der Waals surface area contributed by atoms with E-state index in [1.54, 1.807) is 7.05 Å². The van der Waals surface area contributed by atoms with Crippen LogP contribution in [-0.2, 0) is 6.54 Å². The van der Waals surface area contributed by atoms with Gasteiger partial charge in [0.2, 0.25) is 0 Å². The Hall–Kier alpha value is -2.51. The van der Waals surface area contributed by atoms with Crippen LogP contribution in [0.4, 0.5) is 19.0 Å². The van der Waals surface area contributed by atoms with Gasteiger partial charge in [-0.05, 0) is 43.4 Å². The van der Waals surface area contributed by atoms with Crippen LogP contribution in [-0.4, -0.2) is 44.3 Å². The molecule has 0 atom stereocenters. The van der Waals surface area contributed by atoms with Crippen LogP contribution >= 0.6 is 0 Å². The van der Waals surface area contributed by atoms with Gasteiger partial charge in [0.25, 0.3) is 0 Å². The highest BCUT2D eigenvalue weighted by atomic mass is 19.4. The quantitative estimate of drug-likeness (QED) is 0.592. The Kier molecular flexibility index (Phi) is 6.49. The molecule has 1 fully saturated rings. The molecule has 1 saturated carbocycles. The molecule has 0 saturated heterocycles. The van der Waals surface area contributed by atoms with Gasteiger partial charge in [0.15, 0.2) is 5.96 Å². The number of hydrogen-bond acceptors (Lipinski definition) is 3. The highest BCUT2D eigenvalue weighted by Gasteiger charge is 2.41. The summed E-state index contributed by atoms with van der Waals surface area (Å²) in [4.78, 5) is 10.9. The number of nitrogens with zero attached hydrogens (tertiary/aromatic N) is 3. The lowest BCUT2D eigenvalue weighted by Gasteiger charge is -2.31. The van der Waals surface area contributed by atoms with Crippen LogP contribution < -0.4 is 15.5 Å². The molecule has 0 unspecified atom stereocenters. The van der Waals surface area contributed by atoms with Crippen LogP contribution in [0.15, 0.2) is 35.3 Å².